The summed E-state index contributed by atoms with van der Waals surface area (Å²) in [6.07, 6.45) is 1.87. The lowest BCUT2D eigenvalue weighted by Crippen LogP contribution is -2.13. The Morgan fingerprint density at radius 3 is 2.60 bits per heavy atom. The van der Waals surface area contributed by atoms with Crippen LogP contribution in [0.25, 0.3) is 10.9 Å². The number of unbranched alkanes of at least 4 members (excludes halogenated alkanes) is 1. The van der Waals surface area contributed by atoms with E-state index in [1.54, 1.807) is 20.1 Å². The van der Waals surface area contributed by atoms with Crippen molar-refractivity contribution in [2.45, 2.75) is 31.2 Å². The van der Waals surface area contributed by atoms with Crippen molar-refractivity contribution in [2.75, 3.05) is 13.7 Å². The van der Waals surface area contributed by atoms with E-state index in [1.165, 1.54) is 0 Å². The summed E-state index contributed by atoms with van der Waals surface area (Å²) in [6, 6.07) is 7.45. The molecule has 0 radical (unpaired) electrons. The van der Waals surface area contributed by atoms with Gasteiger partial charge in [-0.25, -0.2) is 13.6 Å². The summed E-state index contributed by atoms with van der Waals surface area (Å²) in [5, 5.41) is 6.05. The maximum absolute atomic E-state index is 11.8. The summed E-state index contributed by atoms with van der Waals surface area (Å²) in [5.74, 6) is 0. The van der Waals surface area contributed by atoms with E-state index in [1.807, 2.05) is 22.8 Å². The highest BCUT2D eigenvalue weighted by Crippen LogP contribution is 2.29. The molecule has 0 bridgehead atoms. The lowest BCUT2D eigenvalue weighted by molar-refractivity contribution is 0.191. The maximum atomic E-state index is 11.8. The van der Waals surface area contributed by atoms with Gasteiger partial charge < -0.3 is 9.30 Å². The first kappa shape index (κ1) is 15.0. The third-order valence-electron chi connectivity index (χ3n) is 3.44. The highest BCUT2D eigenvalue weighted by atomic mass is 32.2. The molecular weight excluding hydrogens is 276 g/mol. The van der Waals surface area contributed by atoms with Crippen molar-refractivity contribution in [3.05, 3.63) is 30.0 Å². The molecule has 0 saturated heterocycles. The van der Waals surface area contributed by atoms with Crippen molar-refractivity contribution in [1.82, 2.24) is 4.57 Å². The molecule has 1 aromatic heterocycles. The average Bonchev–Trinajstić information content (AvgIpc) is 2.67. The van der Waals surface area contributed by atoms with Gasteiger partial charge in [0.05, 0.1) is 0 Å². The van der Waals surface area contributed by atoms with E-state index >= 15 is 0 Å². The predicted molar refractivity (Wildman–Crippen MR) is 79.2 cm³/mol. The molecular formula is C14H20N2O3S. The second kappa shape index (κ2) is 5.95. The summed E-state index contributed by atoms with van der Waals surface area (Å²) in [6.45, 7) is 3.27. The van der Waals surface area contributed by atoms with Gasteiger partial charge in [-0.15, -0.1) is 0 Å². The number of benzene rings is 1. The third-order valence-corrected chi connectivity index (χ3v) is 4.52. The minimum Gasteiger partial charge on any atom is -0.385 e. The van der Waals surface area contributed by atoms with Crippen molar-refractivity contribution in [1.29, 1.82) is 0 Å². The van der Waals surface area contributed by atoms with E-state index in [0.717, 1.165) is 24.9 Å². The SMILES string of the molecule is COCCCCn1c(C)c(S(N)(=O)=O)c2ccccc21. The number of sulfonamides is 1. The monoisotopic (exact) mass is 296 g/mol. The van der Waals surface area contributed by atoms with Gasteiger partial charge in [0.1, 0.15) is 4.90 Å². The van der Waals surface area contributed by atoms with Gasteiger partial charge >= 0.3 is 0 Å². The summed E-state index contributed by atoms with van der Waals surface area (Å²) in [5.41, 5.74) is 1.61. The van der Waals surface area contributed by atoms with Crippen molar-refractivity contribution in [3.8, 4) is 0 Å². The average molecular weight is 296 g/mol. The normalized spacial score (nSPS) is 12.2. The van der Waals surface area contributed by atoms with E-state index < -0.39 is 10.0 Å². The quantitative estimate of drug-likeness (QED) is 0.829. The van der Waals surface area contributed by atoms with Crippen molar-refractivity contribution in [2.24, 2.45) is 5.14 Å². The first-order valence-electron chi connectivity index (χ1n) is 6.56. The summed E-state index contributed by atoms with van der Waals surface area (Å²) >= 11 is 0. The molecule has 110 valence electrons. The number of aromatic nitrogens is 1. The molecule has 2 N–H and O–H groups in total. The fourth-order valence-corrected chi connectivity index (χ4v) is 3.56. The second-order valence-electron chi connectivity index (χ2n) is 4.83. The number of ether oxygens (including phenoxy) is 1. The molecule has 0 spiro atoms. The Kier molecular flexibility index (Phi) is 4.47. The number of rotatable bonds is 6. The number of para-hydroxylation sites is 1. The van der Waals surface area contributed by atoms with Gasteiger partial charge in [0.15, 0.2) is 0 Å². The third kappa shape index (κ3) is 2.87. The van der Waals surface area contributed by atoms with Crippen molar-refractivity contribution in [3.63, 3.8) is 0 Å². The Balaban J connectivity index is 2.47. The maximum Gasteiger partial charge on any atom is 0.240 e. The molecule has 0 fully saturated rings. The van der Waals surface area contributed by atoms with E-state index in [2.05, 4.69) is 0 Å². The Hall–Kier alpha value is -1.37. The van der Waals surface area contributed by atoms with Crippen molar-refractivity contribution < 1.29 is 13.2 Å². The molecule has 1 aromatic carbocycles. The highest BCUT2D eigenvalue weighted by Gasteiger charge is 2.21. The molecule has 2 aromatic rings. The minimum atomic E-state index is -3.72. The van der Waals surface area contributed by atoms with Gasteiger partial charge in [-0.2, -0.15) is 0 Å². The summed E-state index contributed by atoms with van der Waals surface area (Å²) < 4.78 is 30.7. The van der Waals surface area contributed by atoms with Crippen LogP contribution in [0.1, 0.15) is 18.5 Å². The number of hydrogen-bond acceptors (Lipinski definition) is 3. The van der Waals surface area contributed by atoms with E-state index in [-0.39, 0.29) is 4.90 Å². The zero-order chi connectivity index (χ0) is 14.8. The van der Waals surface area contributed by atoms with Crippen LogP contribution in [-0.4, -0.2) is 26.7 Å². The zero-order valence-corrected chi connectivity index (χ0v) is 12.6. The Morgan fingerprint density at radius 2 is 1.95 bits per heavy atom. The predicted octanol–water partition coefficient (Wildman–Crippen LogP) is 2.02. The number of nitrogens with zero attached hydrogens (tertiary/aromatic N) is 1. The van der Waals surface area contributed by atoms with Gasteiger partial charge in [-0.05, 0) is 25.8 Å². The fourth-order valence-electron chi connectivity index (χ4n) is 2.56. The first-order chi connectivity index (χ1) is 9.46. The van der Waals surface area contributed by atoms with Crippen LogP contribution in [0, 0.1) is 6.92 Å². The Morgan fingerprint density at radius 1 is 1.25 bits per heavy atom. The second-order valence-corrected chi connectivity index (χ2v) is 6.33. The number of hydrogen-bond donors (Lipinski definition) is 1. The summed E-state index contributed by atoms with van der Waals surface area (Å²) in [4.78, 5) is 0.236. The lowest BCUT2D eigenvalue weighted by Gasteiger charge is -2.08. The van der Waals surface area contributed by atoms with Crippen LogP contribution < -0.4 is 5.14 Å². The highest BCUT2D eigenvalue weighted by molar-refractivity contribution is 7.89. The van der Waals surface area contributed by atoms with Crippen molar-refractivity contribution >= 4 is 20.9 Å². The number of methoxy groups -OCH3 is 1. The van der Waals surface area contributed by atoms with Gasteiger partial charge in [-0.3, -0.25) is 0 Å². The van der Waals surface area contributed by atoms with Gasteiger partial charge in [0.25, 0.3) is 0 Å². The number of fused-ring (bicyclic) bond motifs is 1. The van der Waals surface area contributed by atoms with Crippen LogP contribution >= 0.6 is 0 Å². The molecule has 6 heteroatoms. The van der Waals surface area contributed by atoms with E-state index in [0.29, 0.717) is 17.7 Å². The number of aryl methyl sites for hydroxylation is 1. The molecule has 0 saturated carbocycles. The number of nitrogens with two attached hydrogens (primary N) is 1. The molecule has 0 aliphatic rings. The molecule has 0 unspecified atom stereocenters. The van der Waals surface area contributed by atoms with Crippen LogP contribution in [0.4, 0.5) is 0 Å². The molecule has 5 nitrogen and oxygen atoms in total. The Labute approximate surface area is 119 Å². The first-order valence-corrected chi connectivity index (χ1v) is 8.11. The fraction of sp³-hybridized carbons (Fsp3) is 0.429. The molecule has 2 rings (SSSR count). The van der Waals surface area contributed by atoms with Crippen LogP contribution in [0.5, 0.6) is 0 Å². The number of primary sulfonamides is 1. The van der Waals surface area contributed by atoms with Gasteiger partial charge in [0, 0.05) is 36.9 Å². The molecule has 20 heavy (non-hydrogen) atoms. The zero-order valence-electron chi connectivity index (χ0n) is 11.8. The Bertz CT molecular complexity index is 705. The van der Waals surface area contributed by atoms with Crippen LogP contribution in [0.2, 0.25) is 0 Å². The molecule has 0 aliphatic heterocycles. The van der Waals surface area contributed by atoms with Gasteiger partial charge in [0.2, 0.25) is 10.0 Å². The topological polar surface area (TPSA) is 74.3 Å². The standard InChI is InChI=1S/C14H20N2O3S/c1-11-14(20(15,17)18)12-7-3-4-8-13(12)16(11)9-5-6-10-19-2/h3-4,7-8H,5-6,9-10H2,1-2H3,(H2,15,17,18). The molecule has 0 aliphatic carbocycles. The molecule has 0 amide bonds. The smallest absolute Gasteiger partial charge is 0.240 e. The largest absolute Gasteiger partial charge is 0.385 e. The van der Waals surface area contributed by atoms with E-state index in [9.17, 15) is 8.42 Å². The van der Waals surface area contributed by atoms with Crippen LogP contribution in [0.15, 0.2) is 29.2 Å². The van der Waals surface area contributed by atoms with Gasteiger partial charge in [-0.1, -0.05) is 18.2 Å². The lowest BCUT2D eigenvalue weighted by atomic mass is 10.2. The molecule has 0 atom stereocenters. The van der Waals surface area contributed by atoms with Crippen LogP contribution in [0.3, 0.4) is 0 Å². The van der Waals surface area contributed by atoms with E-state index in [4.69, 9.17) is 9.88 Å². The van der Waals surface area contributed by atoms with Crippen LogP contribution in [-0.2, 0) is 21.3 Å². The minimum absolute atomic E-state index is 0.236. The molecule has 1 heterocycles. The summed E-state index contributed by atoms with van der Waals surface area (Å²) in [7, 11) is -2.04.